The van der Waals surface area contributed by atoms with Crippen LogP contribution in [0.2, 0.25) is 0 Å². The second-order valence-electron chi connectivity index (χ2n) is 7.76. The van der Waals surface area contributed by atoms with Gasteiger partial charge in [-0.15, -0.1) is 11.3 Å². The Morgan fingerprint density at radius 2 is 1.85 bits per heavy atom. The monoisotopic (exact) mass is 520 g/mol. The first-order valence-electron chi connectivity index (χ1n) is 10.7. The molecule has 1 aliphatic heterocycles. The average Bonchev–Trinajstić information content (AvgIpc) is 3.43. The zero-order valence-corrected chi connectivity index (χ0v) is 21.1. The maximum absolute atomic E-state index is 13.4. The van der Waals surface area contributed by atoms with Gasteiger partial charge in [-0.2, -0.15) is 17.7 Å². The number of thioether (sulfide) groups is 1. The van der Waals surface area contributed by atoms with Crippen LogP contribution in [0.25, 0.3) is 21.3 Å². The number of nitrogens with zero attached hydrogens (tertiary/aromatic N) is 3. The number of alkyl halides is 3. The van der Waals surface area contributed by atoms with E-state index in [1.54, 1.807) is 27.9 Å². The lowest BCUT2D eigenvalue weighted by Crippen LogP contribution is -2.35. The molecule has 0 aliphatic carbocycles. The van der Waals surface area contributed by atoms with Crippen molar-refractivity contribution >= 4 is 61.4 Å². The maximum Gasteiger partial charge on any atom is 0.416 e. The smallest absolute Gasteiger partial charge is 0.337 e. The molecule has 0 atom stereocenters. The first kappa shape index (κ1) is 23.2. The highest BCUT2D eigenvalue weighted by Crippen LogP contribution is 2.47. The number of anilines is 1. The second-order valence-corrected chi connectivity index (χ2v) is 10.9. The highest BCUT2D eigenvalue weighted by molar-refractivity contribution is 8.08. The van der Waals surface area contributed by atoms with E-state index in [-0.39, 0.29) is 5.56 Å². The third-order valence-corrected chi connectivity index (χ3v) is 9.38. The molecule has 0 N–H and O–H groups in total. The Morgan fingerprint density at radius 3 is 2.56 bits per heavy atom. The van der Waals surface area contributed by atoms with Gasteiger partial charge in [0.1, 0.15) is 25.5 Å². The van der Waals surface area contributed by atoms with E-state index in [9.17, 15) is 18.0 Å². The molecule has 0 saturated heterocycles. The van der Waals surface area contributed by atoms with E-state index in [0.717, 1.165) is 33.9 Å². The Labute approximate surface area is 205 Å². The molecule has 0 amide bonds. The van der Waals surface area contributed by atoms with Crippen molar-refractivity contribution in [2.45, 2.75) is 38.0 Å². The highest BCUT2D eigenvalue weighted by atomic mass is 32.2. The number of aromatic nitrogens is 2. The molecular formula is C24H21F3N3OS3+. The molecule has 2 aromatic carbocycles. The number of aryl methyl sites for hydroxylation is 1. The van der Waals surface area contributed by atoms with Gasteiger partial charge in [0.2, 0.25) is 5.52 Å². The molecule has 176 valence electrons. The zero-order valence-electron chi connectivity index (χ0n) is 18.6. The molecule has 10 heteroatoms. The number of hydrogen-bond acceptors (Lipinski definition) is 5. The predicted molar refractivity (Wildman–Crippen MR) is 134 cm³/mol. The fourth-order valence-electron chi connectivity index (χ4n) is 4.08. The quantitative estimate of drug-likeness (QED) is 0.370. The van der Waals surface area contributed by atoms with E-state index in [4.69, 9.17) is 0 Å². The normalized spacial score (nSPS) is 16.1. The Bertz CT molecular complexity index is 1600. The standard InChI is InChI=1S/C24H21F3N3OS3/c1-4-29-15-8-6-7-9-17(15)32-19(29)13-20-30(5-2)22(31)21(34-20)23-28(3)16-12-14(24(25,26)27)10-11-18(16)33-23/h6-13H,4-5H2,1-3H3/q+1/b23-21-. The highest BCUT2D eigenvalue weighted by Gasteiger charge is 2.34. The van der Waals surface area contributed by atoms with Crippen molar-refractivity contribution < 1.29 is 17.7 Å². The van der Waals surface area contributed by atoms with Crippen LogP contribution in [-0.4, -0.2) is 11.6 Å². The van der Waals surface area contributed by atoms with Gasteiger partial charge in [-0.1, -0.05) is 35.2 Å². The summed E-state index contributed by atoms with van der Waals surface area (Å²) in [5.41, 5.74) is 0.797. The van der Waals surface area contributed by atoms with E-state index in [1.165, 1.54) is 33.9 Å². The largest absolute Gasteiger partial charge is 0.416 e. The first-order chi connectivity index (χ1) is 16.2. The van der Waals surface area contributed by atoms with Gasteiger partial charge < -0.3 is 4.90 Å². The third kappa shape index (κ3) is 3.77. The average molecular weight is 521 g/mol. The molecule has 1 aliphatic rings. The van der Waals surface area contributed by atoms with E-state index >= 15 is 0 Å². The van der Waals surface area contributed by atoms with Gasteiger partial charge in [0.25, 0.3) is 10.6 Å². The number of fused-ring (bicyclic) bond motifs is 2. The van der Waals surface area contributed by atoms with Crippen LogP contribution in [0, 0.1) is 0 Å². The minimum absolute atomic E-state index is 0.124. The van der Waals surface area contributed by atoms with E-state index in [1.807, 2.05) is 25.1 Å². The minimum atomic E-state index is -4.41. The van der Waals surface area contributed by atoms with Crippen LogP contribution in [0.3, 0.4) is 0 Å². The summed E-state index contributed by atoms with van der Waals surface area (Å²) in [6, 6.07) is 11.9. The molecule has 4 aromatic rings. The van der Waals surface area contributed by atoms with Crippen molar-refractivity contribution in [3.63, 3.8) is 0 Å². The summed E-state index contributed by atoms with van der Waals surface area (Å²) in [6.45, 7) is 5.33. The van der Waals surface area contributed by atoms with Crippen molar-refractivity contribution in [3.05, 3.63) is 72.6 Å². The van der Waals surface area contributed by atoms with Gasteiger partial charge in [0.15, 0.2) is 0 Å². The molecule has 5 rings (SSSR count). The summed E-state index contributed by atoms with van der Waals surface area (Å²) in [4.78, 5) is 15.8. The number of benzene rings is 2. The molecule has 0 spiro atoms. The van der Waals surface area contributed by atoms with Crippen molar-refractivity contribution in [1.82, 2.24) is 4.57 Å². The van der Waals surface area contributed by atoms with Crippen LogP contribution in [0.15, 0.2) is 52.2 Å². The Balaban J connectivity index is 1.69. The lowest BCUT2D eigenvalue weighted by Gasteiger charge is -2.14. The number of para-hydroxylation sites is 1. The summed E-state index contributed by atoms with van der Waals surface area (Å²) in [5.74, 6) is 0. The molecule has 0 fully saturated rings. The zero-order chi connectivity index (χ0) is 24.2. The van der Waals surface area contributed by atoms with E-state index < -0.39 is 11.7 Å². The van der Waals surface area contributed by atoms with Crippen LogP contribution in [0.5, 0.6) is 0 Å². The van der Waals surface area contributed by atoms with Gasteiger partial charge >= 0.3 is 6.18 Å². The molecule has 3 heterocycles. The van der Waals surface area contributed by atoms with Crippen LogP contribution in [-0.2, 0) is 19.3 Å². The maximum atomic E-state index is 13.4. The van der Waals surface area contributed by atoms with Crippen LogP contribution in [0.4, 0.5) is 18.9 Å². The van der Waals surface area contributed by atoms with Gasteiger partial charge in [0, 0.05) is 24.6 Å². The topological polar surface area (TPSA) is 29.1 Å². The summed E-state index contributed by atoms with van der Waals surface area (Å²) in [5, 5.41) is 1.71. The molecule has 34 heavy (non-hydrogen) atoms. The van der Waals surface area contributed by atoms with Gasteiger partial charge in [0.05, 0.1) is 17.3 Å². The summed E-state index contributed by atoms with van der Waals surface area (Å²) >= 11 is 4.39. The molecular weight excluding hydrogens is 499 g/mol. The van der Waals surface area contributed by atoms with Crippen molar-refractivity contribution in [2.24, 2.45) is 0 Å². The molecule has 4 nitrogen and oxygen atoms in total. The number of halogens is 3. The van der Waals surface area contributed by atoms with Crippen LogP contribution in [0.1, 0.15) is 24.4 Å². The Kier molecular flexibility index (Phi) is 5.86. The number of rotatable bonds is 3. The van der Waals surface area contributed by atoms with Crippen molar-refractivity contribution in [1.29, 1.82) is 0 Å². The summed E-state index contributed by atoms with van der Waals surface area (Å²) in [7, 11) is 1.71. The van der Waals surface area contributed by atoms with Gasteiger partial charge in [-0.25, -0.2) is 0 Å². The van der Waals surface area contributed by atoms with Crippen molar-refractivity contribution in [2.75, 3.05) is 11.9 Å². The lowest BCUT2D eigenvalue weighted by molar-refractivity contribution is -0.665. The number of thiazole rings is 2. The van der Waals surface area contributed by atoms with E-state index in [2.05, 4.69) is 23.6 Å². The molecule has 2 aromatic heterocycles. The fraction of sp³-hybridized carbons (Fsp3) is 0.250. The van der Waals surface area contributed by atoms with Gasteiger partial charge in [-0.05, 0) is 38.1 Å². The van der Waals surface area contributed by atoms with Crippen molar-refractivity contribution in [3.8, 4) is 0 Å². The SMILES string of the molecule is CCn1c(=Cc2sc3ccccc3[n+]2CC)s/c(=C2\Sc3ccc(C(F)(F)F)cc3N2C)c1=O. The summed E-state index contributed by atoms with van der Waals surface area (Å²) < 4.78 is 46.2. The Morgan fingerprint density at radius 1 is 1.09 bits per heavy atom. The van der Waals surface area contributed by atoms with Gasteiger partial charge in [-0.3, -0.25) is 9.36 Å². The fourth-order valence-corrected chi connectivity index (χ4v) is 7.75. The third-order valence-electron chi connectivity index (χ3n) is 5.78. The predicted octanol–water partition coefficient (Wildman–Crippen LogP) is 4.61. The minimum Gasteiger partial charge on any atom is -0.337 e. The molecule has 0 radical (unpaired) electrons. The number of hydrogen-bond donors (Lipinski definition) is 0. The van der Waals surface area contributed by atoms with Crippen LogP contribution < -0.4 is 24.2 Å². The first-order valence-corrected chi connectivity index (χ1v) is 13.2. The van der Waals surface area contributed by atoms with Crippen LogP contribution >= 0.6 is 34.4 Å². The van der Waals surface area contributed by atoms with E-state index in [0.29, 0.717) is 26.7 Å². The lowest BCUT2D eigenvalue weighted by atomic mass is 10.2. The molecule has 0 saturated carbocycles. The molecule has 0 bridgehead atoms. The second kappa shape index (κ2) is 8.58. The molecule has 0 unspecified atom stereocenters. The summed E-state index contributed by atoms with van der Waals surface area (Å²) in [6.07, 6.45) is -2.37. The Hall–Kier alpha value is -2.56.